The second kappa shape index (κ2) is 27.5. The molecule has 64 heavy (non-hydrogen) atoms. The molecule has 0 spiro atoms. The van der Waals surface area contributed by atoms with Crippen molar-refractivity contribution in [1.29, 1.82) is 0 Å². The fourth-order valence-corrected chi connectivity index (χ4v) is 7.51. The summed E-state index contributed by atoms with van der Waals surface area (Å²) in [6.07, 6.45) is 1.14. The van der Waals surface area contributed by atoms with Gasteiger partial charge in [-0.1, -0.05) is 12.1 Å². The molecule has 0 unspecified atom stereocenters. The smallest absolute Gasteiger partial charge is 0.406 e. The first-order chi connectivity index (χ1) is 31.4. The second-order valence-corrected chi connectivity index (χ2v) is 15.9. The Balaban J connectivity index is 1.02. The van der Waals surface area contributed by atoms with E-state index >= 15 is 0 Å². The number of nitrogens with one attached hydrogen (secondary N) is 4. The minimum Gasteiger partial charge on any atom is -0.406 e. The Morgan fingerprint density at radius 1 is 0.438 bits per heavy atom. The molecule has 0 bridgehead atoms. The Morgan fingerprint density at radius 2 is 0.797 bits per heavy atom. The van der Waals surface area contributed by atoms with Crippen LogP contribution in [0.2, 0.25) is 0 Å². The van der Waals surface area contributed by atoms with Crippen molar-refractivity contribution in [3.8, 4) is 23.0 Å². The van der Waals surface area contributed by atoms with Crippen molar-refractivity contribution in [3.05, 3.63) is 47.5 Å². The molecule has 4 aliphatic rings. The van der Waals surface area contributed by atoms with E-state index in [-0.39, 0.29) is 23.0 Å². The van der Waals surface area contributed by atoms with Crippen molar-refractivity contribution in [2.75, 3.05) is 151 Å². The number of ether oxygens (including phenoxy) is 8. The first-order valence-electron chi connectivity index (χ1n) is 22.7. The van der Waals surface area contributed by atoms with Crippen molar-refractivity contribution in [1.82, 2.24) is 40.9 Å². The maximum absolute atomic E-state index is 12.9. The summed E-state index contributed by atoms with van der Waals surface area (Å²) >= 11 is 0. The fraction of sp³-hybridized carbons (Fsp3) is 0.636. The average molecular weight is 899 g/mol. The predicted octanol–water partition coefficient (Wildman–Crippen LogP) is 2.28. The van der Waals surface area contributed by atoms with Crippen LogP contribution < -0.4 is 40.2 Å². The molecule has 0 radical (unpaired) electrons. The van der Waals surface area contributed by atoms with E-state index in [4.69, 9.17) is 37.9 Å². The molecular formula is C44H66N8O12. The Kier molecular flexibility index (Phi) is 20.9. The number of amides is 4. The average Bonchev–Trinajstić information content (AvgIpc) is 3.31. The first-order valence-corrected chi connectivity index (χ1v) is 22.7. The van der Waals surface area contributed by atoms with Crippen molar-refractivity contribution < 1.29 is 57.1 Å². The zero-order chi connectivity index (χ0) is 44.6. The van der Waals surface area contributed by atoms with E-state index in [9.17, 15) is 19.2 Å². The lowest BCUT2D eigenvalue weighted by atomic mass is 10.0. The van der Waals surface area contributed by atoms with Gasteiger partial charge >= 0.3 is 24.4 Å². The van der Waals surface area contributed by atoms with E-state index in [0.717, 1.165) is 82.8 Å². The third-order valence-corrected chi connectivity index (χ3v) is 11.1. The van der Waals surface area contributed by atoms with Gasteiger partial charge in [-0.2, -0.15) is 0 Å². The van der Waals surface area contributed by atoms with Crippen molar-refractivity contribution in [3.63, 3.8) is 0 Å². The summed E-state index contributed by atoms with van der Waals surface area (Å²) < 4.78 is 44.4. The molecule has 354 valence electrons. The Morgan fingerprint density at radius 3 is 1.16 bits per heavy atom. The molecule has 0 aliphatic carbocycles. The fourth-order valence-electron chi connectivity index (χ4n) is 7.51. The molecule has 0 atom stereocenters. The molecule has 4 saturated heterocycles. The summed E-state index contributed by atoms with van der Waals surface area (Å²) in [6.45, 7) is 15.1. The van der Waals surface area contributed by atoms with Crippen molar-refractivity contribution >= 4 is 24.4 Å². The summed E-state index contributed by atoms with van der Waals surface area (Å²) in [7, 11) is 0. The molecule has 4 aliphatic heterocycles. The number of hydrogen-bond acceptors (Lipinski definition) is 16. The van der Waals surface area contributed by atoms with Crippen molar-refractivity contribution in [2.24, 2.45) is 0 Å². The number of unbranched alkanes of at least 4 members (excludes halogenated alkanes) is 1. The van der Waals surface area contributed by atoms with Crippen LogP contribution in [0.1, 0.15) is 30.4 Å². The summed E-state index contributed by atoms with van der Waals surface area (Å²) in [5.41, 5.74) is 1.77. The highest BCUT2D eigenvalue weighted by atomic mass is 16.6. The SMILES string of the molecule is O=C(NCCN1CCOCC1)Oc1ccc(CCCCc2ccc(OC(=O)NCCN3CCCOC3)c(OC(=O)NCCN3CCOCC3)c2)cc1OC(=O)NCCN1CCOCC1. The molecule has 2 aromatic carbocycles. The molecule has 2 aromatic rings. The predicted molar refractivity (Wildman–Crippen MR) is 234 cm³/mol. The number of morpholine rings is 3. The van der Waals surface area contributed by atoms with Gasteiger partial charge in [-0.3, -0.25) is 19.6 Å². The van der Waals surface area contributed by atoms with Gasteiger partial charge in [0.15, 0.2) is 23.0 Å². The van der Waals surface area contributed by atoms with Gasteiger partial charge in [0.1, 0.15) is 0 Å². The number of carbonyl (C=O) groups excluding carboxylic acids is 4. The molecule has 20 heteroatoms. The van der Waals surface area contributed by atoms with Gasteiger partial charge in [0.05, 0.1) is 46.4 Å². The van der Waals surface area contributed by atoms with Crippen LogP contribution in [0.4, 0.5) is 19.2 Å². The molecule has 6 rings (SSSR count). The van der Waals surface area contributed by atoms with Gasteiger partial charge in [0.2, 0.25) is 0 Å². The first kappa shape index (κ1) is 48.7. The summed E-state index contributed by atoms with van der Waals surface area (Å²) in [5, 5.41) is 11.2. The minimum atomic E-state index is -0.655. The third-order valence-electron chi connectivity index (χ3n) is 11.1. The molecule has 0 saturated carbocycles. The number of nitrogens with zero attached hydrogens (tertiary/aromatic N) is 4. The summed E-state index contributed by atoms with van der Waals surface area (Å²) in [6, 6.07) is 10.4. The van der Waals surface area contributed by atoms with Gasteiger partial charge in [-0.15, -0.1) is 0 Å². The van der Waals surface area contributed by atoms with Gasteiger partial charge < -0.3 is 59.2 Å². The van der Waals surface area contributed by atoms with Gasteiger partial charge in [-0.25, -0.2) is 19.2 Å². The second-order valence-electron chi connectivity index (χ2n) is 15.9. The number of aryl methyl sites for hydroxylation is 2. The van der Waals surface area contributed by atoms with Gasteiger partial charge in [0.25, 0.3) is 0 Å². The zero-order valence-corrected chi connectivity index (χ0v) is 37.0. The molecule has 0 aromatic heterocycles. The minimum absolute atomic E-state index is 0.122. The number of hydrogen-bond donors (Lipinski definition) is 4. The summed E-state index contributed by atoms with van der Waals surface area (Å²) in [5.74, 6) is 0.513. The van der Waals surface area contributed by atoms with Gasteiger partial charge in [-0.05, 0) is 67.5 Å². The van der Waals surface area contributed by atoms with E-state index in [1.165, 1.54) is 0 Å². The maximum Gasteiger partial charge on any atom is 0.412 e. The van der Waals surface area contributed by atoms with Crippen LogP contribution in [-0.4, -0.2) is 195 Å². The Hall–Kier alpha value is -4.80. The number of carbonyl (C=O) groups is 4. The quantitative estimate of drug-likeness (QED) is 0.133. The van der Waals surface area contributed by atoms with Crippen LogP contribution in [0.25, 0.3) is 0 Å². The van der Waals surface area contributed by atoms with E-state index < -0.39 is 24.4 Å². The third kappa shape index (κ3) is 18.0. The van der Waals surface area contributed by atoms with E-state index in [1.807, 2.05) is 12.1 Å². The molecule has 4 fully saturated rings. The van der Waals surface area contributed by atoms with Crippen LogP contribution in [0.5, 0.6) is 23.0 Å². The topological polar surface area (TPSA) is 203 Å². The maximum atomic E-state index is 12.9. The Labute approximate surface area is 375 Å². The van der Waals surface area contributed by atoms with Crippen LogP contribution in [0.15, 0.2) is 36.4 Å². The lowest BCUT2D eigenvalue weighted by molar-refractivity contribution is -0.0123. The van der Waals surface area contributed by atoms with Crippen LogP contribution >= 0.6 is 0 Å². The number of benzene rings is 2. The number of rotatable bonds is 21. The normalized spacial score (nSPS) is 17.8. The lowest BCUT2D eigenvalue weighted by Gasteiger charge is -2.26. The largest absolute Gasteiger partial charge is 0.412 e. The van der Waals surface area contributed by atoms with Crippen LogP contribution in [-0.2, 0) is 31.8 Å². The molecular weight excluding hydrogens is 833 g/mol. The molecule has 4 N–H and O–H groups in total. The van der Waals surface area contributed by atoms with Crippen LogP contribution in [0, 0.1) is 0 Å². The van der Waals surface area contributed by atoms with Gasteiger partial charge in [0, 0.05) is 105 Å². The van der Waals surface area contributed by atoms with Crippen LogP contribution in [0.3, 0.4) is 0 Å². The monoisotopic (exact) mass is 898 g/mol. The zero-order valence-electron chi connectivity index (χ0n) is 37.0. The molecule has 4 heterocycles. The van der Waals surface area contributed by atoms with Crippen molar-refractivity contribution in [2.45, 2.75) is 32.1 Å². The highest BCUT2D eigenvalue weighted by Crippen LogP contribution is 2.31. The highest BCUT2D eigenvalue weighted by molar-refractivity contribution is 5.75. The summed E-state index contributed by atoms with van der Waals surface area (Å²) in [4.78, 5) is 60.2. The highest BCUT2D eigenvalue weighted by Gasteiger charge is 2.20. The lowest BCUT2D eigenvalue weighted by Crippen LogP contribution is -2.42. The molecule has 4 amide bonds. The van der Waals surface area contributed by atoms with E-state index in [0.29, 0.717) is 112 Å². The standard InChI is InChI=1S/C44H66N8O12/c53-41(45-10-15-49-19-26-57-27-20-49)61-37-8-6-35(32-39(37)63-43(55)46-11-16-50-21-28-58-29-22-50)4-1-2-5-36-7-9-38(62-42(54)48-13-18-52-14-3-25-60-34-52)40(33-36)64-44(56)47-12-17-51-23-30-59-31-24-51/h6-9,32-33H,1-5,10-31,34H2,(H,45,53)(H,46,55)(H,47,56)(H,48,54). The van der Waals surface area contributed by atoms with E-state index in [1.54, 1.807) is 24.3 Å². The van der Waals surface area contributed by atoms with E-state index in [2.05, 4.69) is 40.9 Å². The molecule has 20 nitrogen and oxygen atoms in total. The Bertz CT molecular complexity index is 1630.